The molecule has 0 aromatic carbocycles. The van der Waals surface area contributed by atoms with Gasteiger partial charge in [0, 0.05) is 0 Å². The fourth-order valence-electron chi connectivity index (χ4n) is 0.527. The van der Waals surface area contributed by atoms with E-state index in [1.807, 2.05) is 0 Å². The van der Waals surface area contributed by atoms with Gasteiger partial charge in [-0.3, -0.25) is 4.79 Å². The summed E-state index contributed by atoms with van der Waals surface area (Å²) in [5.74, 6) is -1.57. The smallest absolute Gasteiger partial charge is 0.330 e. The Morgan fingerprint density at radius 1 is 1.33 bits per heavy atom. The highest BCUT2D eigenvalue weighted by atomic mass is 16.6. The average Bonchev–Trinajstić information content (AvgIpc) is 2.04. The molecule has 0 saturated heterocycles. The van der Waals surface area contributed by atoms with Gasteiger partial charge in [-0.2, -0.15) is 0 Å². The summed E-state index contributed by atoms with van der Waals surface area (Å²) < 4.78 is 4.23. The molecular weight excluding hydrogens is 162 g/mol. The van der Waals surface area contributed by atoms with Crippen molar-refractivity contribution in [2.45, 2.75) is 12.5 Å². The van der Waals surface area contributed by atoms with Crippen LogP contribution >= 0.6 is 0 Å². The first-order valence-corrected chi connectivity index (χ1v) is 3.52. The molecule has 1 unspecified atom stereocenters. The van der Waals surface area contributed by atoms with Gasteiger partial charge >= 0.3 is 11.9 Å². The Bertz CT molecular complexity index is 171. The zero-order chi connectivity index (χ0) is 9.56. The maximum atomic E-state index is 10.8. The van der Waals surface area contributed by atoms with E-state index in [1.54, 1.807) is 0 Å². The van der Waals surface area contributed by atoms with E-state index in [-0.39, 0.29) is 19.5 Å². The normalized spacial score (nSPS) is 12.2. The monoisotopic (exact) mass is 175 g/mol. The number of esters is 2. The zero-order valence-electron chi connectivity index (χ0n) is 6.66. The van der Waals surface area contributed by atoms with Crippen molar-refractivity contribution in [3.8, 4) is 0 Å². The van der Waals surface area contributed by atoms with Crippen LogP contribution in [0.5, 0.6) is 0 Å². The van der Waals surface area contributed by atoms with E-state index in [1.165, 1.54) is 0 Å². The van der Waals surface area contributed by atoms with Gasteiger partial charge in [-0.25, -0.2) is 4.79 Å². The molecule has 12 heavy (non-hydrogen) atoms. The van der Waals surface area contributed by atoms with Crippen LogP contribution in [0.15, 0.2) is 0 Å². The summed E-state index contributed by atoms with van der Waals surface area (Å²) in [6, 6.07) is -0.842. The molecule has 0 spiro atoms. The second kappa shape index (κ2) is 5.64. The predicted octanol–water partition coefficient (Wildman–Crippen LogP) is -2.31. The zero-order valence-corrected chi connectivity index (χ0v) is 6.66. The van der Waals surface area contributed by atoms with Crippen LogP contribution in [0.25, 0.3) is 0 Å². The van der Waals surface area contributed by atoms with Crippen LogP contribution in [0, 0.1) is 0 Å². The van der Waals surface area contributed by atoms with Crippen LogP contribution in [-0.4, -0.2) is 31.1 Å². The first-order chi connectivity index (χ1) is 5.61. The van der Waals surface area contributed by atoms with E-state index in [4.69, 9.17) is 17.2 Å². The quantitative estimate of drug-likeness (QED) is 0.326. The minimum atomic E-state index is -0.842. The summed E-state index contributed by atoms with van der Waals surface area (Å²) in [6.07, 6.45) is 0.288. The summed E-state index contributed by atoms with van der Waals surface area (Å²) in [7, 11) is 0. The molecule has 0 aliphatic carbocycles. The Labute approximate surface area is 70.0 Å². The molecule has 0 bridgehead atoms. The Morgan fingerprint density at radius 3 is 2.33 bits per heavy atom. The SMILES string of the molecule is NCCC(N)C(=O)OC(=O)CN. The highest BCUT2D eigenvalue weighted by molar-refractivity contribution is 5.89. The summed E-state index contributed by atoms with van der Waals surface area (Å²) in [6.45, 7) is -0.0613. The van der Waals surface area contributed by atoms with Crippen molar-refractivity contribution >= 4 is 11.9 Å². The van der Waals surface area contributed by atoms with E-state index in [9.17, 15) is 9.59 Å². The molecule has 0 amide bonds. The van der Waals surface area contributed by atoms with Crippen LogP contribution in [-0.2, 0) is 14.3 Å². The van der Waals surface area contributed by atoms with E-state index in [0.29, 0.717) is 0 Å². The van der Waals surface area contributed by atoms with Gasteiger partial charge < -0.3 is 21.9 Å². The Balaban J connectivity index is 3.78. The molecule has 0 fully saturated rings. The lowest BCUT2D eigenvalue weighted by Gasteiger charge is -2.07. The van der Waals surface area contributed by atoms with Crippen molar-refractivity contribution in [1.29, 1.82) is 0 Å². The molecule has 6 heteroatoms. The lowest BCUT2D eigenvalue weighted by atomic mass is 10.2. The number of hydrogen-bond acceptors (Lipinski definition) is 6. The van der Waals surface area contributed by atoms with Gasteiger partial charge in [-0.15, -0.1) is 0 Å². The summed E-state index contributed by atoms with van der Waals surface area (Å²) >= 11 is 0. The van der Waals surface area contributed by atoms with Crippen molar-refractivity contribution in [3.05, 3.63) is 0 Å². The van der Waals surface area contributed by atoms with Gasteiger partial charge in [0.2, 0.25) is 0 Å². The summed E-state index contributed by atoms with van der Waals surface area (Å²) in [5.41, 5.74) is 15.3. The topological polar surface area (TPSA) is 121 Å². The summed E-state index contributed by atoms with van der Waals surface area (Å²) in [4.78, 5) is 21.3. The Morgan fingerprint density at radius 2 is 1.92 bits per heavy atom. The molecule has 0 aromatic rings. The van der Waals surface area contributed by atoms with Gasteiger partial charge in [0.15, 0.2) is 0 Å². The molecule has 6 nitrogen and oxygen atoms in total. The third kappa shape index (κ3) is 4.02. The van der Waals surface area contributed by atoms with E-state index >= 15 is 0 Å². The lowest BCUT2D eigenvalue weighted by molar-refractivity contribution is -0.159. The molecule has 0 aliphatic rings. The van der Waals surface area contributed by atoms with E-state index < -0.39 is 18.0 Å². The van der Waals surface area contributed by atoms with Crippen molar-refractivity contribution in [2.75, 3.05) is 13.1 Å². The number of nitrogens with two attached hydrogens (primary N) is 3. The Kier molecular flexibility index (Phi) is 5.18. The van der Waals surface area contributed by atoms with Crippen LogP contribution in [0.2, 0.25) is 0 Å². The van der Waals surface area contributed by atoms with Gasteiger partial charge in [-0.05, 0) is 13.0 Å². The van der Waals surface area contributed by atoms with E-state index in [0.717, 1.165) is 0 Å². The Hall–Kier alpha value is -0.980. The maximum absolute atomic E-state index is 10.8. The van der Waals surface area contributed by atoms with Crippen molar-refractivity contribution in [1.82, 2.24) is 0 Å². The van der Waals surface area contributed by atoms with Crippen molar-refractivity contribution in [2.24, 2.45) is 17.2 Å². The molecule has 0 rings (SSSR count). The first kappa shape index (κ1) is 11.0. The molecule has 6 N–H and O–H groups in total. The van der Waals surface area contributed by atoms with Crippen LogP contribution in [0.4, 0.5) is 0 Å². The van der Waals surface area contributed by atoms with Crippen LogP contribution in [0.3, 0.4) is 0 Å². The fourth-order valence-corrected chi connectivity index (χ4v) is 0.527. The second-order valence-corrected chi connectivity index (χ2v) is 2.18. The fraction of sp³-hybridized carbons (Fsp3) is 0.667. The van der Waals surface area contributed by atoms with Crippen LogP contribution in [0.1, 0.15) is 6.42 Å². The highest BCUT2D eigenvalue weighted by Gasteiger charge is 2.16. The average molecular weight is 175 g/mol. The number of rotatable bonds is 4. The van der Waals surface area contributed by atoms with Gasteiger partial charge in [0.25, 0.3) is 0 Å². The molecule has 0 heterocycles. The third-order valence-corrected chi connectivity index (χ3v) is 1.16. The molecule has 0 aliphatic heterocycles. The number of ether oxygens (including phenoxy) is 1. The van der Waals surface area contributed by atoms with Crippen molar-refractivity contribution < 1.29 is 14.3 Å². The first-order valence-electron chi connectivity index (χ1n) is 3.52. The van der Waals surface area contributed by atoms with E-state index in [2.05, 4.69) is 4.74 Å². The van der Waals surface area contributed by atoms with Gasteiger partial charge in [0.1, 0.15) is 6.04 Å². The third-order valence-electron chi connectivity index (χ3n) is 1.16. The molecule has 0 aromatic heterocycles. The minimum absolute atomic E-state index is 0.271. The second-order valence-electron chi connectivity index (χ2n) is 2.18. The van der Waals surface area contributed by atoms with Gasteiger partial charge in [0.05, 0.1) is 6.54 Å². The number of carbonyl (C=O) groups is 2. The maximum Gasteiger partial charge on any atom is 0.330 e. The molecule has 70 valence electrons. The predicted molar refractivity (Wildman–Crippen MR) is 41.8 cm³/mol. The minimum Gasteiger partial charge on any atom is -0.391 e. The number of carbonyl (C=O) groups excluding carboxylic acids is 2. The van der Waals surface area contributed by atoms with Gasteiger partial charge in [-0.1, -0.05) is 0 Å². The molecule has 0 radical (unpaired) electrons. The van der Waals surface area contributed by atoms with Crippen LogP contribution < -0.4 is 17.2 Å². The molecule has 1 atom stereocenters. The largest absolute Gasteiger partial charge is 0.391 e. The standard InChI is InChI=1S/C6H13N3O3/c7-2-1-4(9)6(11)12-5(10)3-8/h4H,1-3,7-9H2. The molecular formula is C6H13N3O3. The lowest BCUT2D eigenvalue weighted by Crippen LogP contribution is -2.36. The number of hydrogen-bond donors (Lipinski definition) is 3. The van der Waals surface area contributed by atoms with Crippen molar-refractivity contribution in [3.63, 3.8) is 0 Å². The molecule has 0 saturated carbocycles. The highest BCUT2D eigenvalue weighted by Crippen LogP contribution is 1.90. The summed E-state index contributed by atoms with van der Waals surface area (Å²) in [5, 5.41) is 0.